The molecule has 192 valence electrons. The summed E-state index contributed by atoms with van der Waals surface area (Å²) in [5.41, 5.74) is 3.64. The number of carbonyl (C=O) groups is 1. The molecule has 37 heavy (non-hydrogen) atoms. The summed E-state index contributed by atoms with van der Waals surface area (Å²) >= 11 is 8.85. The minimum Gasteiger partial charge on any atom is -0.444 e. The maximum Gasteiger partial charge on any atom is 0.411 e. The summed E-state index contributed by atoms with van der Waals surface area (Å²) in [6, 6.07) is 8.41. The Hall–Kier alpha value is -3.04. The van der Waals surface area contributed by atoms with Gasteiger partial charge in [0.15, 0.2) is 5.82 Å². The number of halogens is 1. The van der Waals surface area contributed by atoms with Crippen LogP contribution in [0.1, 0.15) is 75.0 Å². The number of nitrogens with zero attached hydrogens (tertiary/aromatic N) is 6. The zero-order chi connectivity index (χ0) is 25.8. The highest BCUT2D eigenvalue weighted by Crippen LogP contribution is 2.49. The van der Waals surface area contributed by atoms with Crippen molar-refractivity contribution in [1.29, 1.82) is 0 Å². The van der Waals surface area contributed by atoms with Crippen molar-refractivity contribution in [3.63, 3.8) is 0 Å². The van der Waals surface area contributed by atoms with Gasteiger partial charge < -0.3 is 4.74 Å². The monoisotopic (exact) mass is 536 g/mol. The van der Waals surface area contributed by atoms with E-state index in [1.807, 2.05) is 37.7 Å². The Bertz CT molecular complexity index is 1470. The van der Waals surface area contributed by atoms with Gasteiger partial charge in [0.25, 0.3) is 0 Å². The van der Waals surface area contributed by atoms with Gasteiger partial charge in [-0.15, -0.1) is 21.8 Å². The first-order valence-corrected chi connectivity index (χ1v) is 13.7. The van der Waals surface area contributed by atoms with Gasteiger partial charge in [-0.2, -0.15) is 4.37 Å². The van der Waals surface area contributed by atoms with Crippen LogP contribution in [0.15, 0.2) is 43.0 Å². The van der Waals surface area contributed by atoms with E-state index in [0.717, 1.165) is 47.2 Å². The van der Waals surface area contributed by atoms with Crippen molar-refractivity contribution in [2.75, 3.05) is 0 Å². The van der Waals surface area contributed by atoms with Crippen molar-refractivity contribution in [2.45, 2.75) is 75.9 Å². The topological polar surface area (TPSA) is 86.0 Å². The predicted molar refractivity (Wildman–Crippen MR) is 143 cm³/mol. The van der Waals surface area contributed by atoms with Gasteiger partial charge in [0.05, 0.1) is 34.0 Å². The van der Waals surface area contributed by atoms with E-state index in [4.69, 9.17) is 20.7 Å². The molecule has 3 aromatic heterocycles. The second kappa shape index (κ2) is 9.06. The fourth-order valence-corrected chi connectivity index (χ4v) is 6.58. The molecule has 1 amide bonds. The predicted octanol–water partition coefficient (Wildman–Crippen LogP) is 6.31. The number of carbonyl (C=O) groups excluding carboxylic acids is 1. The van der Waals surface area contributed by atoms with E-state index in [1.165, 1.54) is 22.6 Å². The lowest BCUT2D eigenvalue weighted by molar-refractivity contribution is 0.0214. The number of amides is 1. The van der Waals surface area contributed by atoms with Crippen molar-refractivity contribution >= 4 is 39.3 Å². The first-order chi connectivity index (χ1) is 17.7. The van der Waals surface area contributed by atoms with E-state index in [-0.39, 0.29) is 6.09 Å². The molecular weight excluding hydrogens is 508 g/mol. The van der Waals surface area contributed by atoms with Gasteiger partial charge in [-0.25, -0.2) is 4.79 Å². The third-order valence-electron chi connectivity index (χ3n) is 7.29. The highest BCUT2D eigenvalue weighted by Gasteiger charge is 2.37. The van der Waals surface area contributed by atoms with Crippen LogP contribution in [-0.2, 0) is 22.7 Å². The molecule has 1 saturated carbocycles. The van der Waals surface area contributed by atoms with E-state index >= 15 is 0 Å². The molecule has 2 aliphatic rings. The van der Waals surface area contributed by atoms with Crippen LogP contribution in [0.25, 0.3) is 15.8 Å². The number of hydrogen-bond donors (Lipinski definition) is 0. The highest BCUT2D eigenvalue weighted by molar-refractivity contribution is 7.13. The zero-order valence-corrected chi connectivity index (χ0v) is 22.7. The molecule has 0 saturated heterocycles. The maximum absolute atomic E-state index is 13.0. The molecule has 1 fully saturated rings. The van der Waals surface area contributed by atoms with Gasteiger partial charge in [0.1, 0.15) is 11.9 Å². The van der Waals surface area contributed by atoms with Crippen molar-refractivity contribution in [1.82, 2.24) is 29.0 Å². The summed E-state index contributed by atoms with van der Waals surface area (Å²) < 4.78 is 13.5. The van der Waals surface area contributed by atoms with Crippen LogP contribution in [0.5, 0.6) is 0 Å². The number of aromatic nitrogens is 5. The molecule has 0 spiro atoms. The summed E-state index contributed by atoms with van der Waals surface area (Å²) in [5, 5.41) is 9.56. The molecule has 0 bridgehead atoms. The standard InChI is InChI=1S/C27H29ClN6O2S/c1-26(2,3)36-25(35)33-14-18-12-19(4-5-21(18)34-16-30-31-23(34)15-33)27(28)9-6-17(7-10-27)24-20-8-11-29-13-22(20)37-32-24/h4-5,8,11-13,16-17H,6-7,9-10,14-15H2,1-3H3. The lowest BCUT2D eigenvalue weighted by Crippen LogP contribution is -2.36. The number of hydrogen-bond acceptors (Lipinski definition) is 7. The van der Waals surface area contributed by atoms with Gasteiger partial charge in [0, 0.05) is 23.7 Å². The molecule has 6 rings (SSSR count). The Morgan fingerprint density at radius 2 is 2.00 bits per heavy atom. The third-order valence-corrected chi connectivity index (χ3v) is 8.69. The second-order valence-corrected chi connectivity index (χ2v) is 12.5. The smallest absolute Gasteiger partial charge is 0.411 e. The summed E-state index contributed by atoms with van der Waals surface area (Å²) in [5.74, 6) is 1.09. The number of benzene rings is 1. The quantitative estimate of drug-likeness (QED) is 0.279. The van der Waals surface area contributed by atoms with Crippen LogP contribution >= 0.6 is 23.1 Å². The molecule has 0 unspecified atom stereocenters. The van der Waals surface area contributed by atoms with E-state index in [9.17, 15) is 4.79 Å². The zero-order valence-electron chi connectivity index (χ0n) is 21.1. The van der Waals surface area contributed by atoms with Crippen LogP contribution < -0.4 is 0 Å². The maximum atomic E-state index is 13.0. The average Bonchev–Trinajstić information content (AvgIpc) is 3.47. The lowest BCUT2D eigenvalue weighted by Gasteiger charge is -2.36. The van der Waals surface area contributed by atoms with Gasteiger partial charge in [-0.1, -0.05) is 12.1 Å². The molecule has 1 aliphatic carbocycles. The molecule has 1 aromatic carbocycles. The van der Waals surface area contributed by atoms with Crippen LogP contribution in [0.4, 0.5) is 4.79 Å². The Labute approximate surface area is 224 Å². The van der Waals surface area contributed by atoms with Gasteiger partial charge in [-0.05, 0) is 81.2 Å². The number of ether oxygens (including phenoxy) is 1. The largest absolute Gasteiger partial charge is 0.444 e. The van der Waals surface area contributed by atoms with Crippen molar-refractivity contribution in [2.24, 2.45) is 0 Å². The minimum atomic E-state index is -0.584. The number of fused-ring (bicyclic) bond motifs is 4. The van der Waals surface area contributed by atoms with Gasteiger partial charge in [-0.3, -0.25) is 14.5 Å². The van der Waals surface area contributed by atoms with Gasteiger partial charge >= 0.3 is 6.09 Å². The van der Waals surface area contributed by atoms with E-state index < -0.39 is 10.5 Å². The summed E-state index contributed by atoms with van der Waals surface area (Å²) in [4.78, 5) is 18.5. The molecule has 0 radical (unpaired) electrons. The van der Waals surface area contributed by atoms with E-state index in [1.54, 1.807) is 11.2 Å². The van der Waals surface area contributed by atoms with E-state index in [0.29, 0.717) is 24.8 Å². The molecule has 1 aliphatic heterocycles. The Morgan fingerprint density at radius 1 is 1.19 bits per heavy atom. The van der Waals surface area contributed by atoms with Crippen LogP contribution in [0.2, 0.25) is 0 Å². The minimum absolute atomic E-state index is 0.323. The SMILES string of the molecule is CC(C)(C)OC(=O)N1Cc2cc(C3(Cl)CCC(c4nsc5cnccc45)CC3)ccc2-n2cnnc2C1. The molecule has 4 heterocycles. The van der Waals surface area contributed by atoms with Crippen molar-refractivity contribution < 1.29 is 9.53 Å². The summed E-state index contributed by atoms with van der Waals surface area (Å²) in [6.07, 6.45) is 8.72. The average molecular weight is 537 g/mol. The fourth-order valence-electron chi connectivity index (χ4n) is 5.43. The Kier molecular flexibility index (Phi) is 5.95. The van der Waals surface area contributed by atoms with Crippen LogP contribution in [-0.4, -0.2) is 40.7 Å². The number of rotatable bonds is 2. The Balaban J connectivity index is 1.27. The number of alkyl halides is 1. The van der Waals surface area contributed by atoms with Crippen molar-refractivity contribution in [3.05, 3.63) is 65.6 Å². The summed E-state index contributed by atoms with van der Waals surface area (Å²) in [7, 11) is 0. The fraction of sp³-hybridized carbons (Fsp3) is 0.444. The molecule has 0 atom stereocenters. The summed E-state index contributed by atoms with van der Waals surface area (Å²) in [6.45, 7) is 6.35. The second-order valence-electron chi connectivity index (χ2n) is 11.0. The molecular formula is C27H29ClN6O2S. The highest BCUT2D eigenvalue weighted by atomic mass is 35.5. The van der Waals surface area contributed by atoms with Gasteiger partial charge in [0.2, 0.25) is 0 Å². The van der Waals surface area contributed by atoms with E-state index in [2.05, 4.69) is 39.4 Å². The third kappa shape index (κ3) is 4.59. The lowest BCUT2D eigenvalue weighted by atomic mass is 9.76. The first-order valence-electron chi connectivity index (χ1n) is 12.6. The van der Waals surface area contributed by atoms with Crippen LogP contribution in [0, 0.1) is 0 Å². The van der Waals surface area contributed by atoms with Crippen molar-refractivity contribution in [3.8, 4) is 5.69 Å². The molecule has 0 N–H and O–H groups in total. The Morgan fingerprint density at radius 3 is 2.78 bits per heavy atom. The molecule has 8 nitrogen and oxygen atoms in total. The molecule has 10 heteroatoms. The first kappa shape index (κ1) is 24.3. The number of pyridine rings is 1. The van der Waals surface area contributed by atoms with Crippen LogP contribution in [0.3, 0.4) is 0 Å². The normalized spacial score (nSPS) is 21.8. The molecule has 4 aromatic rings.